The smallest absolute Gasteiger partial charge is 0.255 e. The van der Waals surface area contributed by atoms with Gasteiger partial charge in [0.05, 0.1) is 0 Å². The summed E-state index contributed by atoms with van der Waals surface area (Å²) in [6.07, 6.45) is 10.4. The maximum atomic E-state index is 13.0. The quantitative estimate of drug-likeness (QED) is 0.655. The van der Waals surface area contributed by atoms with Crippen molar-refractivity contribution in [1.29, 1.82) is 0 Å². The Balaban J connectivity index is 1.21. The molecule has 6 heteroatoms. The molecule has 0 aromatic heterocycles. The summed E-state index contributed by atoms with van der Waals surface area (Å²) in [5.74, 6) is -0.738. The molecule has 1 atom stereocenters. The van der Waals surface area contributed by atoms with E-state index in [-0.39, 0.29) is 29.7 Å². The molecule has 2 aromatic carbocycles. The van der Waals surface area contributed by atoms with Gasteiger partial charge in [-0.3, -0.25) is 24.6 Å². The SMILES string of the molecule is O=C1CCC(N2Cc3cc(C4=CCN(C5(c6ccccc6)CCCCC5)CC4)ccc3C2=O)C(=O)N1. The summed E-state index contributed by atoms with van der Waals surface area (Å²) < 4.78 is 0. The van der Waals surface area contributed by atoms with E-state index in [4.69, 9.17) is 0 Å². The van der Waals surface area contributed by atoms with E-state index in [0.29, 0.717) is 18.5 Å². The highest BCUT2D eigenvalue weighted by Gasteiger charge is 2.41. The standard InChI is InChI=1S/C30H33N3O3/c34-27-12-11-26(28(35)31-27)33-20-23-19-22(9-10-25(23)29(33)36)21-13-17-32(18-14-21)30(15-5-2-6-16-30)24-7-3-1-4-8-24/h1,3-4,7-10,13,19,26H,2,5-6,11-12,14-18,20H2,(H,31,34,35). The van der Waals surface area contributed by atoms with Crippen LogP contribution < -0.4 is 5.32 Å². The van der Waals surface area contributed by atoms with E-state index in [0.717, 1.165) is 25.1 Å². The summed E-state index contributed by atoms with van der Waals surface area (Å²) in [5, 5.41) is 2.38. The van der Waals surface area contributed by atoms with E-state index < -0.39 is 6.04 Å². The molecule has 3 aliphatic heterocycles. The Kier molecular flexibility index (Phi) is 6.00. The van der Waals surface area contributed by atoms with Crippen LogP contribution in [-0.4, -0.2) is 46.7 Å². The van der Waals surface area contributed by atoms with Crippen LogP contribution in [0.5, 0.6) is 0 Å². The number of hydrogen-bond donors (Lipinski definition) is 1. The van der Waals surface area contributed by atoms with Gasteiger partial charge in [0, 0.05) is 37.2 Å². The summed E-state index contributed by atoms with van der Waals surface area (Å²) >= 11 is 0. The van der Waals surface area contributed by atoms with Gasteiger partial charge in [-0.2, -0.15) is 0 Å². The van der Waals surface area contributed by atoms with Crippen LogP contribution in [0.4, 0.5) is 0 Å². The molecule has 1 saturated carbocycles. The number of piperidine rings is 1. The molecule has 4 aliphatic rings. The lowest BCUT2D eigenvalue weighted by Crippen LogP contribution is -2.52. The van der Waals surface area contributed by atoms with Gasteiger partial charge in [-0.15, -0.1) is 0 Å². The Labute approximate surface area is 212 Å². The lowest BCUT2D eigenvalue weighted by Gasteiger charge is -2.48. The lowest BCUT2D eigenvalue weighted by molar-refractivity contribution is -0.136. The fourth-order valence-corrected chi connectivity index (χ4v) is 6.77. The second-order valence-corrected chi connectivity index (χ2v) is 10.7. The van der Waals surface area contributed by atoms with Gasteiger partial charge in [0.2, 0.25) is 11.8 Å². The van der Waals surface area contributed by atoms with Gasteiger partial charge in [-0.25, -0.2) is 0 Å². The molecule has 3 heterocycles. The predicted molar refractivity (Wildman–Crippen MR) is 138 cm³/mol. The van der Waals surface area contributed by atoms with Crippen molar-refractivity contribution >= 4 is 23.3 Å². The first kappa shape index (κ1) is 23.2. The van der Waals surface area contributed by atoms with Crippen molar-refractivity contribution in [2.75, 3.05) is 13.1 Å². The highest BCUT2D eigenvalue weighted by Crippen LogP contribution is 2.44. The molecule has 2 fully saturated rings. The molecule has 186 valence electrons. The number of rotatable bonds is 4. The van der Waals surface area contributed by atoms with Crippen LogP contribution in [0.25, 0.3) is 5.57 Å². The van der Waals surface area contributed by atoms with Gasteiger partial charge in [0.1, 0.15) is 6.04 Å². The molecule has 0 spiro atoms. The molecule has 2 aromatic rings. The molecular weight excluding hydrogens is 450 g/mol. The molecule has 3 amide bonds. The molecule has 1 N–H and O–H groups in total. The topological polar surface area (TPSA) is 69.7 Å². The Morgan fingerprint density at radius 3 is 2.44 bits per heavy atom. The van der Waals surface area contributed by atoms with Gasteiger partial charge in [0.15, 0.2) is 0 Å². The Bertz CT molecular complexity index is 1230. The Morgan fingerprint density at radius 1 is 0.917 bits per heavy atom. The number of nitrogens with one attached hydrogen (secondary N) is 1. The Morgan fingerprint density at radius 2 is 1.72 bits per heavy atom. The molecule has 1 aliphatic carbocycles. The van der Waals surface area contributed by atoms with Crippen molar-refractivity contribution in [2.24, 2.45) is 0 Å². The average Bonchev–Trinajstić information content (AvgIpc) is 3.25. The van der Waals surface area contributed by atoms with E-state index in [2.05, 4.69) is 58.8 Å². The second kappa shape index (κ2) is 9.32. The van der Waals surface area contributed by atoms with Crippen LogP contribution >= 0.6 is 0 Å². The largest absolute Gasteiger partial charge is 0.322 e. The maximum Gasteiger partial charge on any atom is 0.255 e. The number of amides is 3. The van der Waals surface area contributed by atoms with Gasteiger partial charge >= 0.3 is 0 Å². The third kappa shape index (κ3) is 3.97. The van der Waals surface area contributed by atoms with Gasteiger partial charge in [-0.05, 0) is 60.1 Å². The zero-order chi connectivity index (χ0) is 24.7. The molecule has 0 radical (unpaired) electrons. The number of hydrogen-bond acceptors (Lipinski definition) is 4. The highest BCUT2D eigenvalue weighted by molar-refractivity contribution is 6.05. The third-order valence-electron chi connectivity index (χ3n) is 8.70. The molecule has 6 rings (SSSR count). The molecular formula is C30H33N3O3. The van der Waals surface area contributed by atoms with E-state index in [1.807, 2.05) is 6.07 Å². The van der Waals surface area contributed by atoms with E-state index >= 15 is 0 Å². The molecule has 6 nitrogen and oxygen atoms in total. The summed E-state index contributed by atoms with van der Waals surface area (Å²) in [5.41, 5.74) is 5.73. The lowest BCUT2D eigenvalue weighted by atomic mass is 9.74. The van der Waals surface area contributed by atoms with Gasteiger partial charge in [0.25, 0.3) is 5.91 Å². The number of nitrogens with zero attached hydrogens (tertiary/aromatic N) is 2. The monoisotopic (exact) mass is 483 g/mol. The van der Waals surface area contributed by atoms with E-state index in [1.165, 1.54) is 48.8 Å². The fraction of sp³-hybridized carbons (Fsp3) is 0.433. The van der Waals surface area contributed by atoms with E-state index in [1.54, 1.807) is 4.90 Å². The summed E-state index contributed by atoms with van der Waals surface area (Å²) in [6.45, 7) is 2.38. The van der Waals surface area contributed by atoms with E-state index in [9.17, 15) is 14.4 Å². The molecule has 1 saturated heterocycles. The first-order chi connectivity index (χ1) is 17.5. The minimum atomic E-state index is -0.571. The van der Waals surface area contributed by atoms with Crippen LogP contribution in [0.2, 0.25) is 0 Å². The van der Waals surface area contributed by atoms with Crippen molar-refractivity contribution in [3.63, 3.8) is 0 Å². The zero-order valence-corrected chi connectivity index (χ0v) is 20.7. The zero-order valence-electron chi connectivity index (χ0n) is 20.7. The highest BCUT2D eigenvalue weighted by atomic mass is 16.2. The van der Waals surface area contributed by atoms with Crippen molar-refractivity contribution < 1.29 is 14.4 Å². The van der Waals surface area contributed by atoms with Crippen molar-refractivity contribution in [3.8, 4) is 0 Å². The second-order valence-electron chi connectivity index (χ2n) is 10.7. The molecule has 36 heavy (non-hydrogen) atoms. The normalized spacial score (nSPS) is 24.3. The third-order valence-corrected chi connectivity index (χ3v) is 8.70. The van der Waals surface area contributed by atoms with Crippen molar-refractivity contribution in [2.45, 2.75) is 69.5 Å². The number of fused-ring (bicyclic) bond motifs is 1. The number of benzene rings is 2. The number of carbonyl (C=O) groups excluding carboxylic acids is 3. The van der Waals surface area contributed by atoms with Gasteiger partial charge in [-0.1, -0.05) is 61.7 Å². The molecule has 1 unspecified atom stereocenters. The van der Waals surface area contributed by atoms with Crippen LogP contribution in [0, 0.1) is 0 Å². The number of imide groups is 1. The minimum Gasteiger partial charge on any atom is -0.322 e. The van der Waals surface area contributed by atoms with Crippen LogP contribution in [0.1, 0.15) is 78.4 Å². The van der Waals surface area contributed by atoms with Crippen molar-refractivity contribution in [3.05, 3.63) is 76.9 Å². The average molecular weight is 484 g/mol. The summed E-state index contributed by atoms with van der Waals surface area (Å²) in [4.78, 5) is 41.2. The van der Waals surface area contributed by atoms with Crippen molar-refractivity contribution in [1.82, 2.24) is 15.1 Å². The summed E-state index contributed by atoms with van der Waals surface area (Å²) in [7, 11) is 0. The first-order valence-corrected chi connectivity index (χ1v) is 13.3. The maximum absolute atomic E-state index is 13.0. The van der Waals surface area contributed by atoms with Crippen LogP contribution in [0.15, 0.2) is 54.6 Å². The number of carbonyl (C=O) groups is 3. The van der Waals surface area contributed by atoms with Crippen LogP contribution in [-0.2, 0) is 21.7 Å². The first-order valence-electron chi connectivity index (χ1n) is 13.3. The predicted octanol–water partition coefficient (Wildman–Crippen LogP) is 4.40. The van der Waals surface area contributed by atoms with Gasteiger partial charge < -0.3 is 4.90 Å². The molecule has 0 bridgehead atoms. The Hall–Kier alpha value is -3.25. The van der Waals surface area contributed by atoms with Crippen LogP contribution in [0.3, 0.4) is 0 Å². The summed E-state index contributed by atoms with van der Waals surface area (Å²) in [6, 6.07) is 16.6. The minimum absolute atomic E-state index is 0.114. The fourth-order valence-electron chi connectivity index (χ4n) is 6.77.